The van der Waals surface area contributed by atoms with Crippen molar-refractivity contribution in [3.63, 3.8) is 0 Å². The van der Waals surface area contributed by atoms with Gasteiger partial charge in [-0.3, -0.25) is 9.10 Å². The van der Waals surface area contributed by atoms with E-state index in [0.717, 1.165) is 9.87 Å². The molecule has 3 rings (SSSR count). The van der Waals surface area contributed by atoms with Crippen LogP contribution in [0.15, 0.2) is 77.7 Å². The summed E-state index contributed by atoms with van der Waals surface area (Å²) in [5.74, 6) is -0.529. The summed E-state index contributed by atoms with van der Waals surface area (Å²) in [6.45, 7) is 5.76. The van der Waals surface area contributed by atoms with Gasteiger partial charge in [0, 0.05) is 12.6 Å². The number of carbonyl (C=O) groups excluding carboxylic acids is 2. The lowest BCUT2D eigenvalue weighted by Crippen LogP contribution is -2.27. The molecule has 0 fully saturated rings. The summed E-state index contributed by atoms with van der Waals surface area (Å²) in [7, 11) is -2.46. The molecule has 0 saturated heterocycles. The van der Waals surface area contributed by atoms with Crippen molar-refractivity contribution < 1.29 is 27.5 Å². The molecule has 0 spiro atoms. The highest BCUT2D eigenvalue weighted by Gasteiger charge is 2.24. The number of ether oxygens (including phenoxy) is 2. The number of rotatable bonds is 9. The van der Waals surface area contributed by atoms with Gasteiger partial charge in [-0.25, -0.2) is 13.2 Å². The van der Waals surface area contributed by atoms with Gasteiger partial charge in [-0.05, 0) is 75.4 Å². The summed E-state index contributed by atoms with van der Waals surface area (Å²) < 4.78 is 38.0. The van der Waals surface area contributed by atoms with Crippen molar-refractivity contribution >= 4 is 27.5 Å². The molecular formula is C26H27NO6S. The van der Waals surface area contributed by atoms with Crippen LogP contribution in [0.2, 0.25) is 0 Å². The van der Waals surface area contributed by atoms with Crippen LogP contribution < -0.4 is 9.04 Å². The molecule has 0 amide bonds. The topological polar surface area (TPSA) is 90.0 Å². The Morgan fingerprint density at radius 3 is 2.21 bits per heavy atom. The second kappa shape index (κ2) is 10.5. The number of aryl methyl sites for hydroxylation is 1. The summed E-state index contributed by atoms with van der Waals surface area (Å²) in [5.41, 5.74) is 1.91. The van der Waals surface area contributed by atoms with Gasteiger partial charge in [0.1, 0.15) is 5.75 Å². The Bertz CT molecular complexity index is 1270. The third kappa shape index (κ3) is 5.63. The molecule has 0 heterocycles. The summed E-state index contributed by atoms with van der Waals surface area (Å²) in [6, 6.07) is 19.2. The van der Waals surface area contributed by atoms with Gasteiger partial charge in [0.15, 0.2) is 6.10 Å². The van der Waals surface area contributed by atoms with Crippen LogP contribution in [0.3, 0.4) is 0 Å². The van der Waals surface area contributed by atoms with E-state index in [9.17, 15) is 18.0 Å². The molecule has 0 bridgehead atoms. The van der Waals surface area contributed by atoms with Crippen LogP contribution in [0, 0.1) is 6.92 Å². The van der Waals surface area contributed by atoms with E-state index in [4.69, 9.17) is 9.47 Å². The van der Waals surface area contributed by atoms with E-state index < -0.39 is 22.1 Å². The van der Waals surface area contributed by atoms with Crippen LogP contribution >= 0.6 is 0 Å². The van der Waals surface area contributed by atoms with Gasteiger partial charge in [0.25, 0.3) is 10.0 Å². The van der Waals surface area contributed by atoms with Crippen molar-refractivity contribution in [1.82, 2.24) is 0 Å². The molecule has 3 aromatic carbocycles. The highest BCUT2D eigenvalue weighted by atomic mass is 32.2. The summed E-state index contributed by atoms with van der Waals surface area (Å²) in [5, 5.41) is 0. The van der Waals surface area contributed by atoms with Gasteiger partial charge in [-0.15, -0.1) is 0 Å². The van der Waals surface area contributed by atoms with E-state index in [-0.39, 0.29) is 16.2 Å². The minimum Gasteiger partial charge on any atom is -0.494 e. The van der Waals surface area contributed by atoms with E-state index in [2.05, 4.69) is 0 Å². The van der Waals surface area contributed by atoms with E-state index >= 15 is 0 Å². The number of ketones is 1. The number of sulfonamides is 1. The van der Waals surface area contributed by atoms with Crippen molar-refractivity contribution in [2.24, 2.45) is 0 Å². The predicted molar refractivity (Wildman–Crippen MR) is 130 cm³/mol. The number of anilines is 1. The normalized spacial score (nSPS) is 12.0. The van der Waals surface area contributed by atoms with Crippen LogP contribution in [0.4, 0.5) is 5.69 Å². The number of hydrogen-bond acceptors (Lipinski definition) is 6. The van der Waals surface area contributed by atoms with Gasteiger partial charge < -0.3 is 9.47 Å². The number of nitrogens with zero attached hydrogens (tertiary/aromatic N) is 1. The van der Waals surface area contributed by atoms with Gasteiger partial charge in [0.2, 0.25) is 5.78 Å². The molecule has 0 N–H and O–H groups in total. The molecule has 0 unspecified atom stereocenters. The lowest BCUT2D eigenvalue weighted by Gasteiger charge is -2.20. The minimum atomic E-state index is -3.91. The van der Waals surface area contributed by atoms with Gasteiger partial charge in [-0.2, -0.15) is 0 Å². The second-order valence-electron chi connectivity index (χ2n) is 7.71. The fourth-order valence-corrected chi connectivity index (χ4v) is 4.48. The molecule has 0 aliphatic rings. The van der Waals surface area contributed by atoms with Crippen molar-refractivity contribution in [2.75, 3.05) is 18.0 Å². The van der Waals surface area contributed by atoms with E-state index in [1.54, 1.807) is 36.4 Å². The zero-order valence-corrected chi connectivity index (χ0v) is 20.3. The van der Waals surface area contributed by atoms with Gasteiger partial charge >= 0.3 is 5.97 Å². The van der Waals surface area contributed by atoms with Crippen LogP contribution in [0.1, 0.15) is 40.1 Å². The first-order chi connectivity index (χ1) is 16.1. The number of carbonyl (C=O) groups is 2. The average molecular weight is 482 g/mol. The highest BCUT2D eigenvalue weighted by Crippen LogP contribution is 2.23. The quantitative estimate of drug-likeness (QED) is 0.327. The molecule has 0 aliphatic carbocycles. The first-order valence-electron chi connectivity index (χ1n) is 10.8. The van der Waals surface area contributed by atoms with Gasteiger partial charge in [0.05, 0.1) is 22.8 Å². The summed E-state index contributed by atoms with van der Waals surface area (Å²) >= 11 is 0. The molecule has 0 aromatic heterocycles. The largest absolute Gasteiger partial charge is 0.494 e. The Labute approximate surface area is 200 Å². The molecule has 8 heteroatoms. The maximum Gasteiger partial charge on any atom is 0.338 e. The molecule has 3 aromatic rings. The SMILES string of the molecule is CCOc1ccc(C(=O)[C@@H](C)OC(=O)c2cccc(S(=O)(=O)N(C)c3ccc(C)cc3)c2)cc1. The Morgan fingerprint density at radius 2 is 1.59 bits per heavy atom. The fourth-order valence-electron chi connectivity index (χ4n) is 3.23. The fraction of sp³-hybridized carbons (Fsp3) is 0.231. The lowest BCUT2D eigenvalue weighted by molar-refractivity contribution is 0.0318. The first kappa shape index (κ1) is 25.0. The molecule has 0 radical (unpaired) electrons. The Kier molecular flexibility index (Phi) is 7.73. The number of Topliss-reactive ketones (excluding diaryl/α,β-unsaturated/α-hetero) is 1. The van der Waals surface area contributed by atoms with Crippen LogP contribution in [0.5, 0.6) is 5.75 Å². The van der Waals surface area contributed by atoms with E-state index in [0.29, 0.717) is 23.6 Å². The molecule has 34 heavy (non-hydrogen) atoms. The summed E-state index contributed by atoms with van der Waals surface area (Å²) in [6.07, 6.45) is -1.05. The molecule has 0 aliphatic heterocycles. The monoisotopic (exact) mass is 481 g/mol. The van der Waals surface area contributed by atoms with Crippen molar-refractivity contribution in [2.45, 2.75) is 31.8 Å². The maximum atomic E-state index is 13.1. The molecule has 7 nitrogen and oxygen atoms in total. The van der Waals surface area contributed by atoms with Gasteiger partial charge in [-0.1, -0.05) is 23.8 Å². The van der Waals surface area contributed by atoms with Crippen LogP contribution in [0.25, 0.3) is 0 Å². The smallest absolute Gasteiger partial charge is 0.338 e. The molecule has 178 valence electrons. The highest BCUT2D eigenvalue weighted by molar-refractivity contribution is 7.92. The number of benzene rings is 3. The number of esters is 1. The molecular weight excluding hydrogens is 454 g/mol. The minimum absolute atomic E-state index is 0.0322. The Morgan fingerprint density at radius 1 is 0.941 bits per heavy atom. The standard InChI is InChI=1S/C26H27NO6S/c1-5-32-23-15-11-20(12-16-23)25(28)19(3)33-26(29)21-7-6-8-24(17-21)34(30,31)27(4)22-13-9-18(2)10-14-22/h6-17,19H,5H2,1-4H3/t19-/m1/s1. The van der Waals surface area contributed by atoms with Crippen LogP contribution in [-0.4, -0.2) is 39.9 Å². The first-order valence-corrected chi connectivity index (χ1v) is 12.2. The predicted octanol–water partition coefficient (Wildman–Crippen LogP) is 4.65. The Hall–Kier alpha value is -3.65. The Balaban J connectivity index is 1.74. The third-order valence-corrected chi connectivity index (χ3v) is 7.01. The zero-order chi connectivity index (χ0) is 24.9. The average Bonchev–Trinajstić information content (AvgIpc) is 2.84. The molecule has 0 saturated carbocycles. The second-order valence-corrected chi connectivity index (χ2v) is 9.67. The van der Waals surface area contributed by atoms with E-state index in [1.807, 2.05) is 26.0 Å². The van der Waals surface area contributed by atoms with Crippen molar-refractivity contribution in [3.8, 4) is 5.75 Å². The van der Waals surface area contributed by atoms with Crippen molar-refractivity contribution in [1.29, 1.82) is 0 Å². The van der Waals surface area contributed by atoms with Crippen LogP contribution in [-0.2, 0) is 14.8 Å². The molecule has 1 atom stereocenters. The third-order valence-electron chi connectivity index (χ3n) is 5.23. The summed E-state index contributed by atoms with van der Waals surface area (Å²) in [4.78, 5) is 25.3. The van der Waals surface area contributed by atoms with Crippen molar-refractivity contribution in [3.05, 3.63) is 89.5 Å². The van der Waals surface area contributed by atoms with E-state index in [1.165, 1.54) is 38.2 Å². The zero-order valence-electron chi connectivity index (χ0n) is 19.5. The maximum absolute atomic E-state index is 13.1. The lowest BCUT2D eigenvalue weighted by atomic mass is 10.1. The number of hydrogen-bond donors (Lipinski definition) is 0.